The fourth-order valence-electron chi connectivity index (χ4n) is 4.75. The zero-order valence-electron chi connectivity index (χ0n) is 17.1. The van der Waals surface area contributed by atoms with Crippen LogP contribution in [0.1, 0.15) is 23.6 Å². The Kier molecular flexibility index (Phi) is 4.91. The summed E-state index contributed by atoms with van der Waals surface area (Å²) < 4.78 is 14.0. The zero-order valence-corrected chi connectivity index (χ0v) is 17.1. The van der Waals surface area contributed by atoms with Gasteiger partial charge in [-0.25, -0.2) is 4.39 Å². The molecule has 1 aliphatic carbocycles. The van der Waals surface area contributed by atoms with Crippen LogP contribution in [0.3, 0.4) is 0 Å². The van der Waals surface area contributed by atoms with Gasteiger partial charge >= 0.3 is 0 Å². The number of benzene rings is 2. The normalized spacial score (nSPS) is 22.1. The maximum Gasteiger partial charge on any atom is 0.259 e. The number of anilines is 1. The molecule has 3 aromatic rings. The van der Waals surface area contributed by atoms with E-state index < -0.39 is 5.82 Å². The minimum atomic E-state index is -0.466. The SMILES string of the molecule is Cc1ccc(N2CCN(C3C=CC(c4cc5cccc(F)c5c(=O)[nH]4)C3)CC2)cc1. The molecule has 5 rings (SSSR count). The smallest absolute Gasteiger partial charge is 0.259 e. The van der Waals surface area contributed by atoms with Gasteiger partial charge in [-0.2, -0.15) is 0 Å². The summed E-state index contributed by atoms with van der Waals surface area (Å²) in [6.07, 6.45) is 5.40. The summed E-state index contributed by atoms with van der Waals surface area (Å²) in [5, 5.41) is 0.810. The molecule has 30 heavy (non-hydrogen) atoms. The van der Waals surface area contributed by atoms with Crippen molar-refractivity contribution < 1.29 is 4.39 Å². The summed E-state index contributed by atoms with van der Waals surface area (Å²) in [6, 6.07) is 15.8. The Balaban J connectivity index is 1.26. The van der Waals surface area contributed by atoms with E-state index in [9.17, 15) is 9.18 Å². The number of hydrogen-bond donors (Lipinski definition) is 1. The number of aryl methyl sites for hydroxylation is 1. The van der Waals surface area contributed by atoms with Crippen LogP contribution < -0.4 is 10.5 Å². The maximum atomic E-state index is 14.0. The van der Waals surface area contributed by atoms with Crippen molar-refractivity contribution in [2.45, 2.75) is 25.3 Å². The Morgan fingerprint density at radius 2 is 1.77 bits per heavy atom. The van der Waals surface area contributed by atoms with Gasteiger partial charge in [0.2, 0.25) is 0 Å². The van der Waals surface area contributed by atoms with Crippen molar-refractivity contribution in [2.75, 3.05) is 31.1 Å². The molecule has 2 heterocycles. The Morgan fingerprint density at radius 3 is 2.53 bits per heavy atom. The molecule has 1 aliphatic heterocycles. The average Bonchev–Trinajstić information content (AvgIpc) is 3.25. The predicted octanol–water partition coefficient (Wildman–Crippen LogP) is 4.21. The molecule has 2 atom stereocenters. The number of aromatic amines is 1. The first kappa shape index (κ1) is 19.1. The van der Waals surface area contributed by atoms with Crippen molar-refractivity contribution in [3.8, 4) is 0 Å². The van der Waals surface area contributed by atoms with Gasteiger partial charge in [-0.15, -0.1) is 0 Å². The number of aromatic nitrogens is 1. The van der Waals surface area contributed by atoms with E-state index in [1.807, 2.05) is 6.07 Å². The van der Waals surface area contributed by atoms with Crippen LogP contribution in [-0.4, -0.2) is 42.1 Å². The Labute approximate surface area is 175 Å². The Hall–Kier alpha value is -2.92. The van der Waals surface area contributed by atoms with E-state index in [1.165, 1.54) is 17.3 Å². The molecule has 2 aliphatic rings. The van der Waals surface area contributed by atoms with Crippen molar-refractivity contribution in [1.82, 2.24) is 9.88 Å². The van der Waals surface area contributed by atoms with E-state index in [4.69, 9.17) is 0 Å². The number of pyridine rings is 1. The first-order chi connectivity index (χ1) is 14.6. The molecule has 0 bridgehead atoms. The van der Waals surface area contributed by atoms with Gasteiger partial charge in [0.25, 0.3) is 5.56 Å². The lowest BCUT2D eigenvalue weighted by molar-refractivity contribution is 0.211. The molecule has 0 saturated carbocycles. The number of piperazine rings is 1. The minimum Gasteiger partial charge on any atom is -0.369 e. The molecule has 154 valence electrons. The van der Waals surface area contributed by atoms with Crippen LogP contribution in [0, 0.1) is 12.7 Å². The molecule has 4 nitrogen and oxygen atoms in total. The topological polar surface area (TPSA) is 39.3 Å². The molecule has 0 spiro atoms. The largest absolute Gasteiger partial charge is 0.369 e. The van der Waals surface area contributed by atoms with Gasteiger partial charge < -0.3 is 9.88 Å². The monoisotopic (exact) mass is 403 g/mol. The molecule has 1 N–H and O–H groups in total. The van der Waals surface area contributed by atoms with E-state index in [2.05, 4.69) is 58.1 Å². The first-order valence-electron chi connectivity index (χ1n) is 10.6. The number of nitrogens with one attached hydrogen (secondary N) is 1. The van der Waals surface area contributed by atoms with Crippen LogP contribution in [-0.2, 0) is 0 Å². The molecule has 2 aromatic carbocycles. The fourth-order valence-corrected chi connectivity index (χ4v) is 4.75. The molecule has 2 unspecified atom stereocenters. The van der Waals surface area contributed by atoms with E-state index in [0.717, 1.165) is 38.3 Å². The number of rotatable bonds is 3. The van der Waals surface area contributed by atoms with Crippen LogP contribution in [0.2, 0.25) is 0 Å². The fraction of sp³-hybridized carbons (Fsp3) is 0.320. The highest BCUT2D eigenvalue weighted by Gasteiger charge is 2.29. The maximum absolute atomic E-state index is 14.0. The summed E-state index contributed by atoms with van der Waals surface area (Å²) in [4.78, 5) is 20.3. The molecular weight excluding hydrogens is 377 g/mol. The third kappa shape index (κ3) is 3.54. The third-order valence-electron chi connectivity index (χ3n) is 6.48. The lowest BCUT2D eigenvalue weighted by atomic mass is 10.00. The summed E-state index contributed by atoms with van der Waals surface area (Å²) >= 11 is 0. The second kappa shape index (κ2) is 7.73. The molecule has 5 heteroatoms. The van der Waals surface area contributed by atoms with E-state index in [1.54, 1.807) is 12.1 Å². The van der Waals surface area contributed by atoms with Gasteiger partial charge in [0.1, 0.15) is 5.82 Å². The zero-order chi connectivity index (χ0) is 20.7. The molecular formula is C25H26FN3O. The number of fused-ring (bicyclic) bond motifs is 1. The van der Waals surface area contributed by atoms with Crippen LogP contribution in [0.15, 0.2) is 65.5 Å². The van der Waals surface area contributed by atoms with Crippen molar-refractivity contribution >= 4 is 16.5 Å². The lowest BCUT2D eigenvalue weighted by Crippen LogP contribution is -2.49. The average molecular weight is 404 g/mol. The summed E-state index contributed by atoms with van der Waals surface area (Å²) in [7, 11) is 0. The van der Waals surface area contributed by atoms with E-state index in [0.29, 0.717) is 11.4 Å². The van der Waals surface area contributed by atoms with Crippen molar-refractivity contribution in [2.24, 2.45) is 0 Å². The minimum absolute atomic E-state index is 0.145. The van der Waals surface area contributed by atoms with Crippen molar-refractivity contribution in [3.63, 3.8) is 0 Å². The predicted molar refractivity (Wildman–Crippen MR) is 120 cm³/mol. The van der Waals surface area contributed by atoms with Crippen LogP contribution in [0.25, 0.3) is 10.8 Å². The highest BCUT2D eigenvalue weighted by atomic mass is 19.1. The van der Waals surface area contributed by atoms with Gasteiger partial charge in [-0.05, 0) is 43.0 Å². The number of halogens is 1. The highest BCUT2D eigenvalue weighted by Crippen LogP contribution is 2.32. The molecule has 1 fully saturated rings. The third-order valence-corrected chi connectivity index (χ3v) is 6.48. The number of H-pyrrole nitrogens is 1. The number of nitrogens with zero attached hydrogens (tertiary/aromatic N) is 2. The van der Waals surface area contributed by atoms with Gasteiger partial charge in [0.15, 0.2) is 0 Å². The van der Waals surface area contributed by atoms with E-state index >= 15 is 0 Å². The Morgan fingerprint density at radius 1 is 1.00 bits per heavy atom. The molecule has 1 aromatic heterocycles. The molecule has 1 saturated heterocycles. The van der Waals surface area contributed by atoms with Crippen molar-refractivity contribution in [3.05, 3.63) is 88.1 Å². The molecule has 0 amide bonds. The highest BCUT2D eigenvalue weighted by molar-refractivity contribution is 5.82. The quantitative estimate of drug-likeness (QED) is 0.666. The van der Waals surface area contributed by atoms with Gasteiger partial charge in [-0.3, -0.25) is 9.69 Å². The van der Waals surface area contributed by atoms with Crippen LogP contribution >= 0.6 is 0 Å². The number of hydrogen-bond acceptors (Lipinski definition) is 3. The van der Waals surface area contributed by atoms with Crippen LogP contribution in [0.4, 0.5) is 10.1 Å². The number of allylic oxidation sites excluding steroid dienone is 1. The lowest BCUT2D eigenvalue weighted by Gasteiger charge is -2.39. The second-order valence-corrected chi connectivity index (χ2v) is 8.41. The second-order valence-electron chi connectivity index (χ2n) is 8.41. The molecule has 0 radical (unpaired) electrons. The summed E-state index contributed by atoms with van der Waals surface area (Å²) in [6.45, 7) is 6.20. The van der Waals surface area contributed by atoms with Crippen molar-refractivity contribution in [1.29, 1.82) is 0 Å². The van der Waals surface area contributed by atoms with Gasteiger partial charge in [0, 0.05) is 49.5 Å². The van der Waals surface area contributed by atoms with E-state index in [-0.39, 0.29) is 16.9 Å². The summed E-state index contributed by atoms with van der Waals surface area (Å²) in [5.41, 5.74) is 3.11. The van der Waals surface area contributed by atoms with Gasteiger partial charge in [0.05, 0.1) is 5.39 Å². The van der Waals surface area contributed by atoms with Gasteiger partial charge in [-0.1, -0.05) is 42.0 Å². The van der Waals surface area contributed by atoms with Crippen LogP contribution in [0.5, 0.6) is 0 Å². The first-order valence-corrected chi connectivity index (χ1v) is 10.6. The summed E-state index contributed by atoms with van der Waals surface area (Å²) in [5.74, 6) is -0.308. The standard InChI is InChI=1S/C25H26FN3O/c1-17-5-8-20(9-6-17)28-11-13-29(14-12-28)21-10-7-18(15-21)23-16-19-3-2-4-22(26)24(19)25(30)27-23/h2-10,16,18,21H,11-15H2,1H3,(H,27,30). The Bertz CT molecular complexity index is 1140.